The van der Waals surface area contributed by atoms with Crippen LogP contribution in [0.3, 0.4) is 0 Å². The van der Waals surface area contributed by atoms with Crippen LogP contribution in [0.5, 0.6) is 0 Å². The third kappa shape index (κ3) is 6.47. The number of aliphatic hydroxyl groups excluding tert-OH is 1. The van der Waals surface area contributed by atoms with Crippen molar-refractivity contribution >= 4 is 24.5 Å². The number of hydrogen-bond acceptors (Lipinski definition) is 7. The summed E-state index contributed by atoms with van der Waals surface area (Å²) in [5.41, 5.74) is 9.32. The van der Waals surface area contributed by atoms with Crippen molar-refractivity contribution in [3.05, 3.63) is 71.1 Å². The highest BCUT2D eigenvalue weighted by Crippen LogP contribution is 2.42. The smallest absolute Gasteiger partial charge is 0.264 e. The van der Waals surface area contributed by atoms with Crippen molar-refractivity contribution in [1.29, 1.82) is 0 Å². The zero-order valence-corrected chi connectivity index (χ0v) is 27.6. The molecule has 0 aromatic heterocycles. The van der Waals surface area contributed by atoms with Crippen LogP contribution >= 0.6 is 0 Å². The molecular formula is C33H47N3O6Si. The van der Waals surface area contributed by atoms with E-state index in [-0.39, 0.29) is 28.8 Å². The van der Waals surface area contributed by atoms with E-state index in [1.807, 2.05) is 57.2 Å². The summed E-state index contributed by atoms with van der Waals surface area (Å²) >= 11 is 0. The first kappa shape index (κ1) is 33.3. The third-order valence-corrected chi connectivity index (χ3v) is 14.4. The van der Waals surface area contributed by atoms with Gasteiger partial charge < -0.3 is 23.7 Å². The highest BCUT2D eigenvalue weighted by Gasteiger charge is 2.56. The maximum Gasteiger partial charge on any atom is 0.264 e. The monoisotopic (exact) mass is 609 g/mol. The molecular weight excluding hydrogens is 562 g/mol. The number of benzene rings is 2. The molecule has 0 saturated carbocycles. The Morgan fingerprint density at radius 3 is 1.98 bits per heavy atom. The van der Waals surface area contributed by atoms with Gasteiger partial charge in [0.1, 0.15) is 12.2 Å². The molecule has 2 unspecified atom stereocenters. The number of ketones is 1. The first-order valence-corrected chi connectivity index (χ1v) is 17.3. The molecule has 10 heteroatoms. The Bertz CT molecular complexity index is 1230. The predicted octanol–water partition coefficient (Wildman–Crippen LogP) is 5.35. The van der Waals surface area contributed by atoms with Crippen LogP contribution in [0.4, 0.5) is 0 Å². The van der Waals surface area contributed by atoms with Crippen LogP contribution in [-0.4, -0.2) is 62.2 Å². The van der Waals surface area contributed by atoms with E-state index in [0.717, 1.165) is 16.8 Å². The summed E-state index contributed by atoms with van der Waals surface area (Å²) in [6.07, 6.45) is -4.28. The molecule has 0 aliphatic carbocycles. The van der Waals surface area contributed by atoms with Crippen molar-refractivity contribution in [2.24, 2.45) is 22.9 Å². The second-order valence-electron chi connectivity index (χ2n) is 13.1. The second kappa shape index (κ2) is 13.6. The van der Waals surface area contributed by atoms with Gasteiger partial charge in [-0.05, 0) is 46.1 Å². The highest BCUT2D eigenvalue weighted by molar-refractivity contribution is 6.99. The predicted molar refractivity (Wildman–Crippen MR) is 168 cm³/mol. The van der Waals surface area contributed by atoms with Gasteiger partial charge in [0.2, 0.25) is 0 Å². The number of carbonyl (C=O) groups is 1. The summed E-state index contributed by atoms with van der Waals surface area (Å²) < 4.78 is 26.3. The van der Waals surface area contributed by atoms with E-state index >= 15 is 0 Å². The third-order valence-electron chi connectivity index (χ3n) is 9.45. The minimum atomic E-state index is -3.11. The molecule has 2 aliphatic heterocycles. The minimum absolute atomic E-state index is 0.00801. The van der Waals surface area contributed by atoms with Gasteiger partial charge in [0.15, 0.2) is 18.4 Å². The van der Waals surface area contributed by atoms with Gasteiger partial charge in [0.25, 0.3) is 8.32 Å². The van der Waals surface area contributed by atoms with Crippen molar-refractivity contribution in [1.82, 2.24) is 0 Å². The van der Waals surface area contributed by atoms with Crippen molar-refractivity contribution in [2.45, 2.75) is 110 Å². The molecule has 2 saturated heterocycles. The van der Waals surface area contributed by atoms with Gasteiger partial charge in [-0.15, -0.1) is 0 Å². The molecule has 2 aromatic carbocycles. The lowest BCUT2D eigenvalue weighted by molar-refractivity contribution is -0.309. The van der Waals surface area contributed by atoms with Gasteiger partial charge in [-0.3, -0.25) is 4.79 Å². The maximum atomic E-state index is 13.1. The first-order chi connectivity index (χ1) is 20.4. The molecule has 4 rings (SSSR count). The van der Waals surface area contributed by atoms with Gasteiger partial charge in [0.05, 0.1) is 18.2 Å². The Morgan fingerprint density at radius 2 is 1.51 bits per heavy atom. The van der Waals surface area contributed by atoms with Gasteiger partial charge in [-0.2, -0.15) is 0 Å². The largest absolute Gasteiger partial charge is 0.387 e. The molecule has 10 atom stereocenters. The molecule has 234 valence electrons. The molecule has 43 heavy (non-hydrogen) atoms. The first-order valence-electron chi connectivity index (χ1n) is 15.3. The summed E-state index contributed by atoms with van der Waals surface area (Å²) in [7, 11) is -3.11. The maximum absolute atomic E-state index is 13.1. The van der Waals surface area contributed by atoms with Gasteiger partial charge in [-0.25, -0.2) is 0 Å². The molecule has 0 amide bonds. The van der Waals surface area contributed by atoms with Crippen LogP contribution in [0.1, 0.15) is 61.8 Å². The van der Waals surface area contributed by atoms with E-state index in [1.165, 1.54) is 6.92 Å². The van der Waals surface area contributed by atoms with Crippen molar-refractivity contribution in [3.8, 4) is 0 Å². The van der Waals surface area contributed by atoms with Crippen molar-refractivity contribution < 1.29 is 28.5 Å². The van der Waals surface area contributed by atoms with E-state index < -0.39 is 51.2 Å². The SMILES string of the molecule is CC[C@@H]1O[C@H](O[C@H]2[C@H](C)C(O)[C@H](O[Si](c3ccccc3)(c3ccccc3)C(C)(C)C)O[C@H]2C(C)=O)C(N=[N+]=[N-])[C@@H](C)[C@@H]1C. The lowest BCUT2D eigenvalue weighted by atomic mass is 9.81. The van der Waals surface area contributed by atoms with Crippen LogP contribution in [0, 0.1) is 17.8 Å². The summed E-state index contributed by atoms with van der Waals surface area (Å²) in [6.45, 7) is 15.9. The van der Waals surface area contributed by atoms with Gasteiger partial charge in [0, 0.05) is 10.8 Å². The van der Waals surface area contributed by atoms with Crippen LogP contribution in [0.2, 0.25) is 5.04 Å². The molecule has 2 aromatic rings. The molecule has 9 nitrogen and oxygen atoms in total. The molecule has 0 radical (unpaired) electrons. The number of carbonyl (C=O) groups excluding carboxylic acids is 1. The summed E-state index contributed by atoms with van der Waals surface area (Å²) in [5.74, 6) is -0.662. The number of rotatable bonds is 9. The lowest BCUT2D eigenvalue weighted by Gasteiger charge is -2.50. The Labute approximate surface area is 256 Å². The topological polar surface area (TPSA) is 123 Å². The molecule has 0 spiro atoms. The quantitative estimate of drug-likeness (QED) is 0.177. The number of nitrogens with zero attached hydrogens (tertiary/aromatic N) is 3. The Morgan fingerprint density at radius 1 is 0.953 bits per heavy atom. The van der Waals surface area contributed by atoms with E-state index in [9.17, 15) is 15.4 Å². The van der Waals surface area contributed by atoms with E-state index in [4.69, 9.17) is 18.6 Å². The minimum Gasteiger partial charge on any atom is -0.387 e. The fourth-order valence-electron chi connectivity index (χ4n) is 6.73. The number of hydrogen-bond donors (Lipinski definition) is 1. The lowest BCUT2D eigenvalue weighted by Crippen LogP contribution is -2.70. The number of aliphatic hydroxyl groups is 1. The average molecular weight is 610 g/mol. The average Bonchev–Trinajstić information content (AvgIpc) is 2.98. The Kier molecular flexibility index (Phi) is 10.5. The van der Waals surface area contributed by atoms with Crippen molar-refractivity contribution in [3.63, 3.8) is 0 Å². The molecule has 1 N–H and O–H groups in total. The zero-order valence-electron chi connectivity index (χ0n) is 26.6. The number of ether oxygens (including phenoxy) is 3. The summed E-state index contributed by atoms with van der Waals surface area (Å²) in [4.78, 5) is 16.2. The van der Waals surface area contributed by atoms with Gasteiger partial charge >= 0.3 is 0 Å². The Hall–Kier alpha value is -2.56. The Balaban J connectivity index is 1.71. The van der Waals surface area contributed by atoms with E-state index in [2.05, 4.69) is 62.0 Å². The highest BCUT2D eigenvalue weighted by atomic mass is 28.4. The van der Waals surface area contributed by atoms with Crippen molar-refractivity contribution in [2.75, 3.05) is 0 Å². The molecule has 0 bridgehead atoms. The van der Waals surface area contributed by atoms with Crippen LogP contribution in [0.25, 0.3) is 10.4 Å². The molecule has 2 fully saturated rings. The van der Waals surface area contributed by atoms with Crippen LogP contribution in [-0.2, 0) is 23.4 Å². The van der Waals surface area contributed by atoms with Gasteiger partial charge in [-0.1, -0.05) is 114 Å². The fourth-order valence-corrected chi connectivity index (χ4v) is 11.3. The summed E-state index contributed by atoms with van der Waals surface area (Å²) in [6, 6.07) is 19.6. The molecule has 2 aliphatic rings. The standard InChI is InChI=1S/C33H47N3O6Si/c1-9-26-20(2)21(3)27(35-36-34)31(39-26)40-29-22(4)28(38)32(41-30(29)23(5)37)42-43(33(6,7)8,24-16-12-10-13-17-24)25-18-14-11-15-19-25/h10-22,26-32,38H,9H2,1-8H3/t20-,21-,22+,26-,27?,28?,29-,30-,31+,32-/m0/s1. The van der Waals surface area contributed by atoms with Crippen LogP contribution in [0.15, 0.2) is 65.8 Å². The molecule has 2 heterocycles. The van der Waals surface area contributed by atoms with E-state index in [0.29, 0.717) is 0 Å². The van der Waals surface area contributed by atoms with E-state index in [1.54, 1.807) is 0 Å². The second-order valence-corrected chi connectivity index (χ2v) is 17.4. The number of Topliss-reactive ketones (excluding diaryl/α,β-unsaturated/α-hetero) is 1. The van der Waals surface area contributed by atoms with Crippen LogP contribution < -0.4 is 10.4 Å². The zero-order chi connectivity index (χ0) is 31.5. The fraction of sp³-hybridized carbons (Fsp3) is 0.606. The normalized spacial score (nSPS) is 33.4. The summed E-state index contributed by atoms with van der Waals surface area (Å²) in [5, 5.41) is 17.5. The number of azide groups is 1.